The summed E-state index contributed by atoms with van der Waals surface area (Å²) >= 11 is 0. The highest BCUT2D eigenvalue weighted by molar-refractivity contribution is 5.91. The fourth-order valence-corrected chi connectivity index (χ4v) is 4.96. The molecule has 2 amide bonds. The predicted molar refractivity (Wildman–Crippen MR) is 140 cm³/mol. The van der Waals surface area contributed by atoms with Crippen molar-refractivity contribution >= 4 is 11.8 Å². The van der Waals surface area contributed by atoms with Gasteiger partial charge in [-0.15, -0.1) is 0 Å². The lowest BCUT2D eigenvalue weighted by molar-refractivity contribution is -0.149. The number of hydrogen-bond donors (Lipinski definition) is 1. The number of para-hydroxylation sites is 2. The van der Waals surface area contributed by atoms with E-state index in [2.05, 4.69) is 5.32 Å². The van der Waals surface area contributed by atoms with Gasteiger partial charge in [0.15, 0.2) is 11.5 Å². The fourth-order valence-electron chi connectivity index (χ4n) is 4.96. The number of amides is 2. The number of carbonyl (C=O) groups is 2. The average Bonchev–Trinajstić information content (AvgIpc) is 2.94. The molecule has 2 aliphatic rings. The van der Waals surface area contributed by atoms with Crippen LogP contribution >= 0.6 is 0 Å². The van der Waals surface area contributed by atoms with Crippen LogP contribution in [0.3, 0.4) is 0 Å². The van der Waals surface area contributed by atoms with Crippen molar-refractivity contribution in [3.05, 3.63) is 54.1 Å². The Morgan fingerprint density at radius 3 is 2.49 bits per heavy atom. The Morgan fingerprint density at radius 2 is 1.78 bits per heavy atom. The van der Waals surface area contributed by atoms with E-state index >= 15 is 0 Å². The maximum Gasteiger partial charge on any atom is 0.268 e. The average molecular weight is 511 g/mol. The molecule has 2 atom stereocenters. The predicted octanol–water partition coefficient (Wildman–Crippen LogP) is 4.28. The van der Waals surface area contributed by atoms with Crippen molar-refractivity contribution in [1.82, 2.24) is 10.2 Å². The standard InChI is InChI=1S/C29H38N2O6/c1-3-35-19-9-18-31(29(33)26-20-36-24-12-7-8-13-25(24)37-26)27(21-14-16-23(34-2)17-15-21)28(32)30-22-10-5-4-6-11-22/h7-8,12-17,22,26-27H,3-6,9-11,18-20H2,1-2H3,(H,30,32)/t26-,27-/m1/s1. The highest BCUT2D eigenvalue weighted by Crippen LogP contribution is 2.33. The third-order valence-corrected chi connectivity index (χ3v) is 6.90. The van der Waals surface area contributed by atoms with Gasteiger partial charge in [-0.3, -0.25) is 9.59 Å². The first kappa shape index (κ1) is 26.8. The minimum Gasteiger partial charge on any atom is -0.497 e. The van der Waals surface area contributed by atoms with Gasteiger partial charge in [-0.25, -0.2) is 0 Å². The van der Waals surface area contributed by atoms with Gasteiger partial charge in [0.25, 0.3) is 5.91 Å². The van der Waals surface area contributed by atoms with Gasteiger partial charge >= 0.3 is 0 Å². The SMILES string of the molecule is CCOCCCN(C(=O)[C@H]1COc2ccccc2O1)[C@@H](C(=O)NC1CCCCC1)c1ccc(OC)cc1. The number of rotatable bonds is 11. The van der Waals surface area contributed by atoms with E-state index in [1.807, 2.05) is 49.4 Å². The van der Waals surface area contributed by atoms with Crippen LogP contribution in [0.15, 0.2) is 48.5 Å². The molecule has 4 rings (SSSR count). The molecule has 0 bridgehead atoms. The maximum atomic E-state index is 14.0. The summed E-state index contributed by atoms with van der Waals surface area (Å²) in [5, 5.41) is 3.23. The van der Waals surface area contributed by atoms with Gasteiger partial charge in [0.05, 0.1) is 7.11 Å². The Bertz CT molecular complexity index is 1020. The molecule has 8 heteroatoms. The Labute approximate surface area is 219 Å². The number of fused-ring (bicyclic) bond motifs is 1. The number of methoxy groups -OCH3 is 1. The van der Waals surface area contributed by atoms with E-state index in [1.165, 1.54) is 6.42 Å². The summed E-state index contributed by atoms with van der Waals surface area (Å²) in [6.07, 6.45) is 5.03. The topological polar surface area (TPSA) is 86.3 Å². The van der Waals surface area contributed by atoms with Gasteiger partial charge in [0, 0.05) is 25.8 Å². The number of ether oxygens (including phenoxy) is 4. The Hall–Kier alpha value is -3.26. The first-order valence-corrected chi connectivity index (χ1v) is 13.3. The van der Waals surface area contributed by atoms with Gasteiger partial charge in [-0.1, -0.05) is 43.5 Å². The van der Waals surface area contributed by atoms with E-state index in [9.17, 15) is 9.59 Å². The van der Waals surface area contributed by atoms with Crippen LogP contribution in [0.4, 0.5) is 0 Å². The highest BCUT2D eigenvalue weighted by Gasteiger charge is 2.38. The van der Waals surface area contributed by atoms with Gasteiger partial charge in [-0.2, -0.15) is 0 Å². The van der Waals surface area contributed by atoms with Gasteiger partial charge in [0.1, 0.15) is 18.4 Å². The molecule has 0 radical (unpaired) electrons. The molecule has 1 aliphatic carbocycles. The molecule has 1 aliphatic heterocycles. The second-order valence-electron chi connectivity index (χ2n) is 9.47. The number of benzene rings is 2. The first-order chi connectivity index (χ1) is 18.1. The molecule has 0 spiro atoms. The van der Waals surface area contributed by atoms with Crippen LogP contribution < -0.4 is 19.5 Å². The van der Waals surface area contributed by atoms with Gasteiger partial charge in [-0.05, 0) is 56.0 Å². The van der Waals surface area contributed by atoms with Crippen LogP contribution in [0.2, 0.25) is 0 Å². The molecule has 0 saturated heterocycles. The van der Waals surface area contributed by atoms with E-state index in [0.717, 1.165) is 31.2 Å². The lowest BCUT2D eigenvalue weighted by Gasteiger charge is -2.36. The van der Waals surface area contributed by atoms with Crippen LogP contribution in [0.5, 0.6) is 17.2 Å². The molecular formula is C29H38N2O6. The van der Waals surface area contributed by atoms with E-state index in [-0.39, 0.29) is 24.5 Å². The summed E-state index contributed by atoms with van der Waals surface area (Å²) in [5.74, 6) is 1.35. The van der Waals surface area contributed by atoms with E-state index in [1.54, 1.807) is 18.1 Å². The molecule has 2 aromatic carbocycles. The lowest BCUT2D eigenvalue weighted by Crippen LogP contribution is -2.52. The number of nitrogens with zero attached hydrogens (tertiary/aromatic N) is 1. The monoisotopic (exact) mass is 510 g/mol. The second kappa shape index (κ2) is 13.3. The molecule has 1 N–H and O–H groups in total. The van der Waals surface area contributed by atoms with Crippen molar-refractivity contribution in [2.75, 3.05) is 33.5 Å². The summed E-state index contributed by atoms with van der Waals surface area (Å²) in [5.41, 5.74) is 0.719. The van der Waals surface area contributed by atoms with Crippen molar-refractivity contribution in [2.24, 2.45) is 0 Å². The van der Waals surface area contributed by atoms with Crippen molar-refractivity contribution in [1.29, 1.82) is 0 Å². The van der Waals surface area contributed by atoms with Crippen molar-refractivity contribution in [2.45, 2.75) is 63.6 Å². The van der Waals surface area contributed by atoms with Crippen LogP contribution in [-0.4, -0.2) is 62.3 Å². The summed E-state index contributed by atoms with van der Waals surface area (Å²) in [6, 6.07) is 13.9. The Kier molecular flexibility index (Phi) is 9.65. The molecule has 8 nitrogen and oxygen atoms in total. The number of carbonyl (C=O) groups excluding carboxylic acids is 2. The Morgan fingerprint density at radius 1 is 1.05 bits per heavy atom. The molecule has 37 heavy (non-hydrogen) atoms. The summed E-state index contributed by atoms with van der Waals surface area (Å²) < 4.78 is 22.8. The largest absolute Gasteiger partial charge is 0.497 e. The summed E-state index contributed by atoms with van der Waals surface area (Å²) in [6.45, 7) is 3.44. The van der Waals surface area contributed by atoms with E-state index < -0.39 is 12.1 Å². The molecule has 1 saturated carbocycles. The van der Waals surface area contributed by atoms with Crippen LogP contribution in [0, 0.1) is 0 Å². The molecule has 0 aromatic heterocycles. The molecule has 0 unspecified atom stereocenters. The first-order valence-electron chi connectivity index (χ1n) is 13.3. The zero-order valence-electron chi connectivity index (χ0n) is 21.8. The van der Waals surface area contributed by atoms with Crippen molar-refractivity contribution in [3.63, 3.8) is 0 Å². The van der Waals surface area contributed by atoms with Crippen molar-refractivity contribution in [3.8, 4) is 17.2 Å². The highest BCUT2D eigenvalue weighted by atomic mass is 16.6. The number of hydrogen-bond acceptors (Lipinski definition) is 6. The van der Waals surface area contributed by atoms with E-state index in [0.29, 0.717) is 43.4 Å². The quantitative estimate of drug-likeness (QED) is 0.454. The van der Waals surface area contributed by atoms with Crippen LogP contribution in [-0.2, 0) is 14.3 Å². The minimum atomic E-state index is -0.856. The molecular weight excluding hydrogens is 472 g/mol. The minimum absolute atomic E-state index is 0.0807. The van der Waals surface area contributed by atoms with Gasteiger partial charge < -0.3 is 29.2 Å². The maximum absolute atomic E-state index is 14.0. The van der Waals surface area contributed by atoms with E-state index in [4.69, 9.17) is 18.9 Å². The molecule has 1 heterocycles. The van der Waals surface area contributed by atoms with Gasteiger partial charge in [0.2, 0.25) is 12.0 Å². The summed E-state index contributed by atoms with van der Waals surface area (Å²) in [7, 11) is 1.60. The fraction of sp³-hybridized carbons (Fsp3) is 0.517. The third kappa shape index (κ3) is 6.95. The smallest absolute Gasteiger partial charge is 0.268 e. The second-order valence-corrected chi connectivity index (χ2v) is 9.47. The lowest BCUT2D eigenvalue weighted by atomic mass is 9.94. The molecule has 200 valence electrons. The number of nitrogens with one attached hydrogen (secondary N) is 1. The molecule has 2 aromatic rings. The third-order valence-electron chi connectivity index (χ3n) is 6.90. The molecule has 1 fully saturated rings. The van der Waals surface area contributed by atoms with Crippen molar-refractivity contribution < 1.29 is 28.5 Å². The zero-order valence-corrected chi connectivity index (χ0v) is 21.8. The zero-order chi connectivity index (χ0) is 26.0. The van der Waals surface area contributed by atoms with Crippen LogP contribution in [0.1, 0.15) is 57.1 Å². The normalized spacial score (nSPS) is 18.1. The summed E-state index contributed by atoms with van der Waals surface area (Å²) in [4.78, 5) is 29.5. The Balaban J connectivity index is 1.62. The van der Waals surface area contributed by atoms with Crippen LogP contribution in [0.25, 0.3) is 0 Å².